The summed E-state index contributed by atoms with van der Waals surface area (Å²) in [4.78, 5) is 29.6. The molecule has 8 heteroatoms. The number of nitrogens with one attached hydrogen (secondary N) is 2. The number of nitrogens with zero attached hydrogens (tertiary/aromatic N) is 1. The van der Waals surface area contributed by atoms with Gasteiger partial charge in [-0.05, 0) is 42.5 Å². The van der Waals surface area contributed by atoms with Crippen LogP contribution in [-0.2, 0) is 14.3 Å². The van der Waals surface area contributed by atoms with E-state index in [4.69, 9.17) is 14.2 Å². The van der Waals surface area contributed by atoms with Crippen molar-refractivity contribution in [3.05, 3.63) is 54.2 Å². The van der Waals surface area contributed by atoms with E-state index in [1.807, 2.05) is 36.4 Å². The van der Waals surface area contributed by atoms with E-state index in [2.05, 4.69) is 15.2 Å². The van der Waals surface area contributed by atoms with Crippen molar-refractivity contribution in [3.8, 4) is 5.75 Å². The molecular weight excluding hydrogens is 386 g/mol. The number of aromatic amines is 1. The number of rotatable bonds is 6. The van der Waals surface area contributed by atoms with E-state index in [1.165, 1.54) is 0 Å². The molecule has 2 N–H and O–H groups in total. The molecule has 4 rings (SSSR count). The van der Waals surface area contributed by atoms with Gasteiger partial charge in [0.2, 0.25) is 0 Å². The summed E-state index contributed by atoms with van der Waals surface area (Å²) in [5.74, 6) is -0.313. The average molecular weight is 409 g/mol. The van der Waals surface area contributed by atoms with Gasteiger partial charge in [0.15, 0.2) is 6.61 Å². The number of morpholine rings is 1. The fraction of sp³-hybridized carbons (Fsp3) is 0.273. The number of hydrogen-bond donors (Lipinski definition) is 2. The van der Waals surface area contributed by atoms with E-state index in [0.29, 0.717) is 24.7 Å². The van der Waals surface area contributed by atoms with Gasteiger partial charge in [0, 0.05) is 41.4 Å². The second-order valence-electron chi connectivity index (χ2n) is 6.91. The summed E-state index contributed by atoms with van der Waals surface area (Å²) in [6.45, 7) is 2.76. The summed E-state index contributed by atoms with van der Waals surface area (Å²) in [7, 11) is 1.58. The van der Waals surface area contributed by atoms with Crippen LogP contribution < -0.4 is 15.0 Å². The van der Waals surface area contributed by atoms with Crippen LogP contribution in [0.25, 0.3) is 10.9 Å². The number of carbonyl (C=O) groups excluding carboxylic acids is 2. The molecule has 0 aliphatic carbocycles. The first kappa shape index (κ1) is 19.8. The van der Waals surface area contributed by atoms with Crippen LogP contribution in [0.1, 0.15) is 10.5 Å². The number of esters is 1. The molecule has 3 aromatic rings. The number of amides is 1. The number of benzene rings is 2. The Balaban J connectivity index is 1.30. The van der Waals surface area contributed by atoms with Crippen LogP contribution in [0.5, 0.6) is 5.75 Å². The lowest BCUT2D eigenvalue weighted by Gasteiger charge is -2.28. The van der Waals surface area contributed by atoms with E-state index >= 15 is 0 Å². The molecule has 2 heterocycles. The molecule has 0 saturated carbocycles. The molecule has 30 heavy (non-hydrogen) atoms. The molecule has 1 aliphatic rings. The summed E-state index contributed by atoms with van der Waals surface area (Å²) < 4.78 is 15.7. The molecule has 1 fully saturated rings. The third-order valence-corrected chi connectivity index (χ3v) is 4.91. The Morgan fingerprint density at radius 3 is 2.60 bits per heavy atom. The highest BCUT2D eigenvalue weighted by molar-refractivity contribution is 5.97. The second kappa shape index (κ2) is 8.87. The predicted octanol–water partition coefficient (Wildman–Crippen LogP) is 2.81. The number of methoxy groups -OCH3 is 1. The van der Waals surface area contributed by atoms with Gasteiger partial charge in [-0.15, -0.1) is 0 Å². The predicted molar refractivity (Wildman–Crippen MR) is 113 cm³/mol. The highest BCUT2D eigenvalue weighted by Crippen LogP contribution is 2.22. The molecule has 1 amide bonds. The van der Waals surface area contributed by atoms with Crippen molar-refractivity contribution in [2.24, 2.45) is 0 Å². The first-order chi connectivity index (χ1) is 14.6. The molecule has 0 bridgehead atoms. The van der Waals surface area contributed by atoms with Crippen molar-refractivity contribution in [1.82, 2.24) is 4.98 Å². The summed E-state index contributed by atoms with van der Waals surface area (Å²) in [5.41, 5.74) is 2.76. The highest BCUT2D eigenvalue weighted by atomic mass is 16.5. The van der Waals surface area contributed by atoms with E-state index in [0.717, 1.165) is 29.7 Å². The summed E-state index contributed by atoms with van der Waals surface area (Å²) in [6.07, 6.45) is 0. The molecule has 0 spiro atoms. The van der Waals surface area contributed by atoms with Crippen molar-refractivity contribution in [2.75, 3.05) is 50.2 Å². The maximum absolute atomic E-state index is 12.3. The molecule has 1 saturated heterocycles. The molecule has 156 valence electrons. The van der Waals surface area contributed by atoms with E-state index < -0.39 is 11.9 Å². The van der Waals surface area contributed by atoms with Gasteiger partial charge in [0.05, 0.1) is 20.3 Å². The van der Waals surface area contributed by atoms with E-state index in [-0.39, 0.29) is 12.3 Å². The molecule has 8 nitrogen and oxygen atoms in total. The van der Waals surface area contributed by atoms with Crippen LogP contribution in [-0.4, -0.2) is 56.9 Å². The maximum Gasteiger partial charge on any atom is 0.355 e. The second-order valence-corrected chi connectivity index (χ2v) is 6.91. The number of ether oxygens (including phenoxy) is 3. The van der Waals surface area contributed by atoms with Crippen LogP contribution in [0.2, 0.25) is 0 Å². The van der Waals surface area contributed by atoms with Gasteiger partial charge in [0.25, 0.3) is 5.91 Å². The lowest BCUT2D eigenvalue weighted by atomic mass is 10.2. The molecule has 1 aromatic heterocycles. The van der Waals surface area contributed by atoms with Gasteiger partial charge in [-0.3, -0.25) is 4.79 Å². The maximum atomic E-state index is 12.3. The Hall–Kier alpha value is -3.52. The van der Waals surface area contributed by atoms with Crippen LogP contribution >= 0.6 is 0 Å². The lowest BCUT2D eigenvalue weighted by molar-refractivity contribution is -0.119. The van der Waals surface area contributed by atoms with Crippen molar-refractivity contribution in [2.45, 2.75) is 0 Å². The standard InChI is InChI=1S/C22H23N3O5/c1-28-18-7-2-15-12-20(24-19(15)13-18)22(27)30-14-21(26)23-16-3-5-17(6-4-16)25-8-10-29-11-9-25/h2-7,12-13,24H,8-11,14H2,1H3,(H,23,26). The van der Waals surface area contributed by atoms with Crippen LogP contribution in [0, 0.1) is 0 Å². The quantitative estimate of drug-likeness (QED) is 0.608. The molecular formula is C22H23N3O5. The van der Waals surface area contributed by atoms with Crippen LogP contribution in [0.4, 0.5) is 11.4 Å². The molecule has 0 atom stereocenters. The zero-order valence-corrected chi connectivity index (χ0v) is 16.6. The Kier molecular flexibility index (Phi) is 5.85. The number of fused-ring (bicyclic) bond motifs is 1. The van der Waals surface area contributed by atoms with Gasteiger partial charge < -0.3 is 29.4 Å². The zero-order valence-electron chi connectivity index (χ0n) is 16.6. The largest absolute Gasteiger partial charge is 0.497 e. The fourth-order valence-electron chi connectivity index (χ4n) is 3.33. The number of hydrogen-bond acceptors (Lipinski definition) is 6. The summed E-state index contributed by atoms with van der Waals surface area (Å²) >= 11 is 0. The van der Waals surface area contributed by atoms with Crippen molar-refractivity contribution < 1.29 is 23.8 Å². The number of anilines is 2. The minimum Gasteiger partial charge on any atom is -0.497 e. The topological polar surface area (TPSA) is 92.9 Å². The van der Waals surface area contributed by atoms with Crippen molar-refractivity contribution in [3.63, 3.8) is 0 Å². The van der Waals surface area contributed by atoms with Crippen molar-refractivity contribution in [1.29, 1.82) is 0 Å². The summed E-state index contributed by atoms with van der Waals surface area (Å²) in [6, 6.07) is 14.7. The normalized spacial score (nSPS) is 13.8. The monoisotopic (exact) mass is 409 g/mol. The third kappa shape index (κ3) is 4.55. The molecule has 2 aromatic carbocycles. The van der Waals surface area contributed by atoms with Gasteiger partial charge >= 0.3 is 5.97 Å². The van der Waals surface area contributed by atoms with Crippen LogP contribution in [0.3, 0.4) is 0 Å². The third-order valence-electron chi connectivity index (χ3n) is 4.91. The number of H-pyrrole nitrogens is 1. The Bertz CT molecular complexity index is 1040. The number of carbonyl (C=O) groups is 2. The lowest BCUT2D eigenvalue weighted by Crippen LogP contribution is -2.36. The van der Waals surface area contributed by atoms with Gasteiger partial charge in [-0.2, -0.15) is 0 Å². The summed E-state index contributed by atoms with van der Waals surface area (Å²) in [5, 5.41) is 3.59. The SMILES string of the molecule is COc1ccc2cc(C(=O)OCC(=O)Nc3ccc(N4CCOCC4)cc3)[nH]c2c1. The first-order valence-corrected chi connectivity index (χ1v) is 9.69. The molecule has 1 aliphatic heterocycles. The highest BCUT2D eigenvalue weighted by Gasteiger charge is 2.14. The average Bonchev–Trinajstić information content (AvgIpc) is 3.22. The van der Waals surface area contributed by atoms with Crippen LogP contribution in [0.15, 0.2) is 48.5 Å². The van der Waals surface area contributed by atoms with Gasteiger partial charge in [-0.25, -0.2) is 4.79 Å². The first-order valence-electron chi connectivity index (χ1n) is 9.69. The smallest absolute Gasteiger partial charge is 0.355 e. The molecule has 0 unspecified atom stereocenters. The molecule has 0 radical (unpaired) electrons. The van der Waals surface area contributed by atoms with Crippen molar-refractivity contribution >= 4 is 34.2 Å². The Morgan fingerprint density at radius 1 is 1.10 bits per heavy atom. The van der Waals surface area contributed by atoms with Gasteiger partial charge in [0.1, 0.15) is 11.4 Å². The fourth-order valence-corrected chi connectivity index (χ4v) is 3.33. The number of aromatic nitrogens is 1. The zero-order chi connectivity index (χ0) is 20.9. The minimum atomic E-state index is -0.594. The van der Waals surface area contributed by atoms with Gasteiger partial charge in [-0.1, -0.05) is 0 Å². The van der Waals surface area contributed by atoms with E-state index in [9.17, 15) is 9.59 Å². The Labute approximate surface area is 173 Å². The van der Waals surface area contributed by atoms with E-state index in [1.54, 1.807) is 19.2 Å². The minimum absolute atomic E-state index is 0.279. The Morgan fingerprint density at radius 2 is 1.87 bits per heavy atom.